The molecule has 94 valence electrons. The topological polar surface area (TPSA) is 55.1 Å². The molecular weight excluding hydrogens is 280 g/mol. The van der Waals surface area contributed by atoms with Gasteiger partial charge in [-0.05, 0) is 51.0 Å². The SMILES string of the molecule is Cc1cc(NC(=O)C(C)(C)CN)cc(C)c1Br. The summed E-state index contributed by atoms with van der Waals surface area (Å²) in [6.07, 6.45) is 0. The molecule has 1 rings (SSSR count). The van der Waals surface area contributed by atoms with Gasteiger partial charge in [-0.15, -0.1) is 0 Å². The average molecular weight is 299 g/mol. The molecule has 1 aromatic rings. The highest BCUT2D eigenvalue weighted by Gasteiger charge is 2.25. The first-order valence-corrected chi connectivity index (χ1v) is 6.35. The summed E-state index contributed by atoms with van der Waals surface area (Å²) >= 11 is 3.50. The van der Waals surface area contributed by atoms with Crippen LogP contribution in [0.15, 0.2) is 16.6 Å². The van der Waals surface area contributed by atoms with Gasteiger partial charge < -0.3 is 11.1 Å². The molecule has 4 heteroatoms. The summed E-state index contributed by atoms with van der Waals surface area (Å²) < 4.78 is 1.08. The summed E-state index contributed by atoms with van der Waals surface area (Å²) in [4.78, 5) is 12.0. The van der Waals surface area contributed by atoms with E-state index in [1.807, 2.05) is 39.8 Å². The average Bonchev–Trinajstić information content (AvgIpc) is 2.25. The lowest BCUT2D eigenvalue weighted by Gasteiger charge is -2.21. The number of anilines is 1. The van der Waals surface area contributed by atoms with Crippen molar-refractivity contribution in [3.8, 4) is 0 Å². The maximum atomic E-state index is 12.0. The summed E-state index contributed by atoms with van der Waals surface area (Å²) in [6.45, 7) is 8.00. The maximum Gasteiger partial charge on any atom is 0.231 e. The second kappa shape index (κ2) is 5.19. The van der Waals surface area contributed by atoms with Crippen LogP contribution in [0.5, 0.6) is 0 Å². The van der Waals surface area contributed by atoms with Crippen molar-refractivity contribution >= 4 is 27.5 Å². The Hall–Kier alpha value is -0.870. The van der Waals surface area contributed by atoms with Gasteiger partial charge >= 0.3 is 0 Å². The van der Waals surface area contributed by atoms with Crippen molar-refractivity contribution in [2.45, 2.75) is 27.7 Å². The van der Waals surface area contributed by atoms with E-state index < -0.39 is 5.41 Å². The summed E-state index contributed by atoms with van der Waals surface area (Å²) in [5, 5.41) is 2.90. The lowest BCUT2D eigenvalue weighted by molar-refractivity contribution is -0.123. The van der Waals surface area contributed by atoms with Crippen molar-refractivity contribution in [2.24, 2.45) is 11.1 Å². The van der Waals surface area contributed by atoms with Gasteiger partial charge in [-0.25, -0.2) is 0 Å². The van der Waals surface area contributed by atoms with Crippen molar-refractivity contribution in [2.75, 3.05) is 11.9 Å². The van der Waals surface area contributed by atoms with E-state index in [4.69, 9.17) is 5.73 Å². The number of rotatable bonds is 3. The lowest BCUT2D eigenvalue weighted by Crippen LogP contribution is -2.37. The third-order valence-electron chi connectivity index (χ3n) is 2.82. The molecule has 1 aromatic carbocycles. The molecule has 0 aliphatic rings. The first-order valence-electron chi connectivity index (χ1n) is 5.56. The van der Waals surface area contributed by atoms with Crippen LogP contribution in [0.3, 0.4) is 0 Å². The Labute approximate surface area is 111 Å². The van der Waals surface area contributed by atoms with Gasteiger partial charge in [-0.3, -0.25) is 4.79 Å². The number of nitrogens with two attached hydrogens (primary N) is 1. The molecule has 0 aromatic heterocycles. The monoisotopic (exact) mass is 298 g/mol. The Bertz CT molecular complexity index is 418. The van der Waals surface area contributed by atoms with Crippen LogP contribution >= 0.6 is 15.9 Å². The third kappa shape index (κ3) is 3.30. The summed E-state index contributed by atoms with van der Waals surface area (Å²) in [5.74, 6) is -0.0545. The standard InChI is InChI=1S/C13H19BrN2O/c1-8-5-10(6-9(2)11(8)14)16-12(17)13(3,4)7-15/h5-6H,7,15H2,1-4H3,(H,16,17). The molecule has 0 aliphatic carbocycles. The minimum Gasteiger partial charge on any atom is -0.329 e. The van der Waals surface area contributed by atoms with Crippen LogP contribution in [-0.2, 0) is 4.79 Å². The Balaban J connectivity index is 2.94. The minimum atomic E-state index is -0.547. The van der Waals surface area contributed by atoms with Crippen molar-refractivity contribution in [3.05, 3.63) is 27.7 Å². The van der Waals surface area contributed by atoms with Crippen LogP contribution < -0.4 is 11.1 Å². The Morgan fingerprint density at radius 1 is 1.35 bits per heavy atom. The van der Waals surface area contributed by atoms with E-state index in [1.165, 1.54) is 0 Å². The molecule has 0 aliphatic heterocycles. The van der Waals surface area contributed by atoms with Gasteiger partial charge in [0, 0.05) is 16.7 Å². The zero-order valence-corrected chi connectivity index (χ0v) is 12.3. The van der Waals surface area contributed by atoms with Gasteiger partial charge in [0.2, 0.25) is 5.91 Å². The van der Waals surface area contributed by atoms with E-state index >= 15 is 0 Å². The molecule has 0 bridgehead atoms. The summed E-state index contributed by atoms with van der Waals surface area (Å²) in [5.41, 5.74) is 8.05. The van der Waals surface area contributed by atoms with Crippen LogP contribution in [0.25, 0.3) is 0 Å². The fourth-order valence-electron chi connectivity index (χ4n) is 1.41. The smallest absolute Gasteiger partial charge is 0.231 e. The van der Waals surface area contributed by atoms with E-state index in [-0.39, 0.29) is 5.91 Å². The highest BCUT2D eigenvalue weighted by molar-refractivity contribution is 9.10. The highest BCUT2D eigenvalue weighted by Crippen LogP contribution is 2.26. The molecule has 0 unspecified atom stereocenters. The molecule has 1 amide bonds. The molecule has 0 spiro atoms. The van der Waals surface area contributed by atoms with Crippen LogP contribution in [0.2, 0.25) is 0 Å². The largest absolute Gasteiger partial charge is 0.329 e. The zero-order chi connectivity index (χ0) is 13.2. The van der Waals surface area contributed by atoms with Crippen LogP contribution in [0.1, 0.15) is 25.0 Å². The van der Waals surface area contributed by atoms with Gasteiger partial charge in [0.05, 0.1) is 5.41 Å². The molecule has 3 N–H and O–H groups in total. The molecule has 0 saturated heterocycles. The molecular formula is C13H19BrN2O. The van der Waals surface area contributed by atoms with Gasteiger partial charge in [0.25, 0.3) is 0 Å². The van der Waals surface area contributed by atoms with E-state index in [0.29, 0.717) is 6.54 Å². The molecule has 3 nitrogen and oxygen atoms in total. The Morgan fingerprint density at radius 3 is 2.24 bits per heavy atom. The van der Waals surface area contributed by atoms with Crippen LogP contribution in [0, 0.1) is 19.3 Å². The van der Waals surface area contributed by atoms with Crippen LogP contribution in [0.4, 0.5) is 5.69 Å². The third-order valence-corrected chi connectivity index (χ3v) is 4.07. The van der Waals surface area contributed by atoms with Gasteiger partial charge in [0.15, 0.2) is 0 Å². The first-order chi connectivity index (χ1) is 7.77. The zero-order valence-electron chi connectivity index (χ0n) is 10.7. The number of benzene rings is 1. The fourth-order valence-corrected chi connectivity index (χ4v) is 1.64. The molecule has 0 heterocycles. The van der Waals surface area contributed by atoms with E-state index in [1.54, 1.807) is 0 Å². The van der Waals surface area contributed by atoms with Crippen molar-refractivity contribution < 1.29 is 4.79 Å². The predicted molar refractivity (Wildman–Crippen MR) is 75.1 cm³/mol. The van der Waals surface area contributed by atoms with Crippen LogP contribution in [-0.4, -0.2) is 12.5 Å². The maximum absolute atomic E-state index is 12.0. The number of carbonyl (C=O) groups is 1. The Morgan fingerprint density at radius 2 is 1.82 bits per heavy atom. The van der Waals surface area contributed by atoms with Gasteiger partial charge in [-0.2, -0.15) is 0 Å². The quantitative estimate of drug-likeness (QED) is 0.901. The Kier molecular flexibility index (Phi) is 4.33. The number of amides is 1. The van der Waals surface area contributed by atoms with E-state index in [0.717, 1.165) is 21.3 Å². The minimum absolute atomic E-state index is 0.0545. The summed E-state index contributed by atoms with van der Waals surface area (Å²) in [6, 6.07) is 3.89. The molecule has 0 radical (unpaired) electrons. The second-order valence-electron chi connectivity index (χ2n) is 4.97. The van der Waals surface area contributed by atoms with E-state index in [2.05, 4.69) is 21.2 Å². The molecule has 0 fully saturated rings. The van der Waals surface area contributed by atoms with Gasteiger partial charge in [0.1, 0.15) is 0 Å². The van der Waals surface area contributed by atoms with E-state index in [9.17, 15) is 4.79 Å². The molecule has 17 heavy (non-hydrogen) atoms. The first kappa shape index (κ1) is 14.2. The normalized spacial score (nSPS) is 11.4. The predicted octanol–water partition coefficient (Wildman–Crippen LogP) is 2.99. The van der Waals surface area contributed by atoms with Crippen molar-refractivity contribution in [3.63, 3.8) is 0 Å². The lowest BCUT2D eigenvalue weighted by atomic mass is 9.92. The van der Waals surface area contributed by atoms with Crippen molar-refractivity contribution in [1.29, 1.82) is 0 Å². The number of nitrogens with one attached hydrogen (secondary N) is 1. The number of carbonyl (C=O) groups excluding carboxylic acids is 1. The number of aryl methyl sites for hydroxylation is 2. The number of hydrogen-bond acceptors (Lipinski definition) is 2. The van der Waals surface area contributed by atoms with Gasteiger partial charge in [-0.1, -0.05) is 15.9 Å². The molecule has 0 saturated carbocycles. The highest BCUT2D eigenvalue weighted by atomic mass is 79.9. The second-order valence-corrected chi connectivity index (χ2v) is 5.76. The number of hydrogen-bond donors (Lipinski definition) is 2. The van der Waals surface area contributed by atoms with Crippen molar-refractivity contribution in [1.82, 2.24) is 0 Å². The fraction of sp³-hybridized carbons (Fsp3) is 0.462. The molecule has 0 atom stereocenters. The number of halogens is 1. The summed E-state index contributed by atoms with van der Waals surface area (Å²) in [7, 11) is 0.